The molecular weight excluding hydrogens is 284 g/mol. The molecule has 2 aromatic rings. The van der Waals surface area contributed by atoms with Crippen molar-refractivity contribution in [2.45, 2.75) is 6.92 Å². The van der Waals surface area contributed by atoms with Gasteiger partial charge in [0.1, 0.15) is 0 Å². The van der Waals surface area contributed by atoms with Crippen LogP contribution in [0.2, 0.25) is 0 Å². The summed E-state index contributed by atoms with van der Waals surface area (Å²) in [6.45, 7) is 1.69. The Morgan fingerprint density at radius 2 is 1.82 bits per heavy atom. The highest BCUT2D eigenvalue weighted by molar-refractivity contribution is 6.02. The van der Waals surface area contributed by atoms with Crippen LogP contribution in [0.4, 0.5) is 11.4 Å². The van der Waals surface area contributed by atoms with Crippen LogP contribution in [0.5, 0.6) is 0 Å². The number of benzene rings is 2. The van der Waals surface area contributed by atoms with Crippen molar-refractivity contribution in [3.63, 3.8) is 0 Å². The lowest BCUT2D eigenvalue weighted by atomic mass is 10.1. The molecule has 0 atom stereocenters. The lowest BCUT2D eigenvalue weighted by Gasteiger charge is -2.05. The van der Waals surface area contributed by atoms with E-state index in [1.165, 1.54) is 12.1 Å². The van der Waals surface area contributed by atoms with Crippen LogP contribution in [-0.2, 0) is 0 Å². The van der Waals surface area contributed by atoms with E-state index in [9.17, 15) is 14.9 Å². The van der Waals surface area contributed by atoms with E-state index >= 15 is 0 Å². The minimum atomic E-state index is -0.476. The number of nitrogens with one attached hydrogen (secondary N) is 1. The molecule has 0 heterocycles. The minimum Gasteiger partial charge on any atom is -0.398 e. The largest absolute Gasteiger partial charge is 0.398 e. The maximum atomic E-state index is 12.0. The number of nitro benzene ring substituents is 1. The van der Waals surface area contributed by atoms with Gasteiger partial charge in [-0.1, -0.05) is 12.1 Å². The average molecular weight is 298 g/mol. The van der Waals surface area contributed by atoms with Crippen molar-refractivity contribution in [3.8, 4) is 0 Å². The quantitative estimate of drug-likeness (QED) is 0.390. The molecule has 0 aliphatic carbocycles. The van der Waals surface area contributed by atoms with Gasteiger partial charge in [-0.15, -0.1) is 0 Å². The first-order chi connectivity index (χ1) is 10.5. The Hall–Kier alpha value is -3.22. The highest BCUT2D eigenvalue weighted by atomic mass is 16.6. The second-order valence-corrected chi connectivity index (χ2v) is 4.53. The first-order valence-electron chi connectivity index (χ1n) is 6.43. The third kappa shape index (κ3) is 3.45. The van der Waals surface area contributed by atoms with Crippen molar-refractivity contribution in [2.75, 3.05) is 5.73 Å². The summed E-state index contributed by atoms with van der Waals surface area (Å²) in [4.78, 5) is 22.1. The third-order valence-electron chi connectivity index (χ3n) is 3.03. The van der Waals surface area contributed by atoms with Crippen molar-refractivity contribution in [1.82, 2.24) is 5.43 Å². The van der Waals surface area contributed by atoms with Crippen LogP contribution in [0.1, 0.15) is 22.8 Å². The molecule has 22 heavy (non-hydrogen) atoms. The Morgan fingerprint density at radius 3 is 2.41 bits per heavy atom. The number of amides is 1. The number of carbonyl (C=O) groups is 1. The molecule has 2 aromatic carbocycles. The monoisotopic (exact) mass is 298 g/mol. The maximum Gasteiger partial charge on any atom is 0.273 e. The molecule has 0 bridgehead atoms. The first-order valence-corrected chi connectivity index (χ1v) is 6.43. The molecule has 7 nitrogen and oxygen atoms in total. The predicted molar refractivity (Wildman–Crippen MR) is 83.6 cm³/mol. The fourth-order valence-corrected chi connectivity index (χ4v) is 1.79. The van der Waals surface area contributed by atoms with Crippen LogP contribution in [0.15, 0.2) is 53.6 Å². The number of hydrazone groups is 1. The number of hydrogen-bond donors (Lipinski definition) is 2. The molecule has 1 amide bonds. The van der Waals surface area contributed by atoms with E-state index in [0.717, 1.165) is 0 Å². The predicted octanol–water partition coefficient (Wildman–Crippen LogP) is 2.33. The Bertz CT molecular complexity index is 739. The highest BCUT2D eigenvalue weighted by Crippen LogP contribution is 2.13. The molecule has 0 aromatic heterocycles. The number of carbonyl (C=O) groups excluding carboxylic acids is 1. The molecule has 0 saturated heterocycles. The van der Waals surface area contributed by atoms with E-state index in [-0.39, 0.29) is 5.69 Å². The van der Waals surface area contributed by atoms with Crippen LogP contribution < -0.4 is 11.2 Å². The molecule has 0 aliphatic heterocycles. The SMILES string of the molecule is C/C(=N/NC(=O)c1ccccc1N)c1ccc([N+](=O)[O-])cc1. The second-order valence-electron chi connectivity index (χ2n) is 4.53. The number of para-hydroxylation sites is 1. The van der Waals surface area contributed by atoms with Crippen LogP contribution in [0.3, 0.4) is 0 Å². The smallest absolute Gasteiger partial charge is 0.273 e. The van der Waals surface area contributed by atoms with E-state index in [2.05, 4.69) is 10.5 Å². The number of hydrogen-bond acceptors (Lipinski definition) is 5. The molecule has 2 rings (SSSR count). The molecule has 0 unspecified atom stereocenters. The molecule has 0 fully saturated rings. The summed E-state index contributed by atoms with van der Waals surface area (Å²) in [5, 5.41) is 14.6. The third-order valence-corrected chi connectivity index (χ3v) is 3.03. The van der Waals surface area contributed by atoms with E-state index in [4.69, 9.17) is 5.73 Å². The van der Waals surface area contributed by atoms with Crippen LogP contribution in [-0.4, -0.2) is 16.5 Å². The van der Waals surface area contributed by atoms with Gasteiger partial charge >= 0.3 is 0 Å². The van der Waals surface area contributed by atoms with Gasteiger partial charge in [0.2, 0.25) is 0 Å². The summed E-state index contributed by atoms with van der Waals surface area (Å²) in [5.74, 6) is -0.417. The van der Waals surface area contributed by atoms with Gasteiger partial charge in [-0.3, -0.25) is 14.9 Å². The zero-order valence-electron chi connectivity index (χ0n) is 11.8. The molecule has 3 N–H and O–H groups in total. The van der Waals surface area contributed by atoms with Crippen molar-refractivity contribution in [2.24, 2.45) is 5.10 Å². The van der Waals surface area contributed by atoms with Gasteiger partial charge in [-0.05, 0) is 36.8 Å². The number of nitrogens with zero attached hydrogens (tertiary/aromatic N) is 2. The highest BCUT2D eigenvalue weighted by Gasteiger charge is 2.09. The van der Waals surface area contributed by atoms with E-state index in [0.29, 0.717) is 22.5 Å². The van der Waals surface area contributed by atoms with Gasteiger partial charge in [0.05, 0.1) is 16.2 Å². The minimum absolute atomic E-state index is 0.00218. The summed E-state index contributed by atoms with van der Waals surface area (Å²) >= 11 is 0. The van der Waals surface area contributed by atoms with Crippen LogP contribution >= 0.6 is 0 Å². The number of anilines is 1. The van der Waals surface area contributed by atoms with Gasteiger partial charge in [-0.2, -0.15) is 5.10 Å². The summed E-state index contributed by atoms with van der Waals surface area (Å²) in [6, 6.07) is 12.6. The van der Waals surface area contributed by atoms with Crippen LogP contribution in [0.25, 0.3) is 0 Å². The Morgan fingerprint density at radius 1 is 1.18 bits per heavy atom. The lowest BCUT2D eigenvalue weighted by Crippen LogP contribution is -2.20. The topological polar surface area (TPSA) is 111 Å². The van der Waals surface area contributed by atoms with Crippen molar-refractivity contribution >= 4 is 23.0 Å². The zero-order valence-corrected chi connectivity index (χ0v) is 11.8. The Balaban J connectivity index is 2.11. The first kappa shape index (κ1) is 15.2. The number of non-ortho nitro benzene ring substituents is 1. The fourth-order valence-electron chi connectivity index (χ4n) is 1.79. The molecule has 0 saturated carbocycles. The summed E-state index contributed by atoms with van der Waals surface area (Å²) in [6.07, 6.45) is 0. The van der Waals surface area contributed by atoms with Crippen molar-refractivity contribution < 1.29 is 9.72 Å². The van der Waals surface area contributed by atoms with E-state index < -0.39 is 10.8 Å². The number of nitro groups is 1. The number of rotatable bonds is 4. The van der Waals surface area contributed by atoms with Gasteiger partial charge < -0.3 is 5.73 Å². The standard InChI is InChI=1S/C15H14N4O3/c1-10(11-6-8-12(9-7-11)19(21)22)17-18-15(20)13-4-2-3-5-14(13)16/h2-9H,16H2,1H3,(H,18,20)/b17-10-. The Labute approximate surface area is 126 Å². The second kappa shape index (κ2) is 6.49. The Kier molecular flexibility index (Phi) is 4.47. The maximum absolute atomic E-state index is 12.0. The molecule has 112 valence electrons. The van der Waals surface area contributed by atoms with Crippen molar-refractivity contribution in [1.29, 1.82) is 0 Å². The number of nitrogens with two attached hydrogens (primary N) is 1. The molecule has 7 heteroatoms. The summed E-state index contributed by atoms with van der Waals surface area (Å²) < 4.78 is 0. The molecule has 0 aliphatic rings. The van der Waals surface area contributed by atoms with E-state index in [1.807, 2.05) is 0 Å². The van der Waals surface area contributed by atoms with E-state index in [1.54, 1.807) is 43.3 Å². The molecular formula is C15H14N4O3. The molecule has 0 spiro atoms. The summed E-state index contributed by atoms with van der Waals surface area (Å²) in [7, 11) is 0. The number of nitrogen functional groups attached to an aromatic ring is 1. The average Bonchev–Trinajstić information content (AvgIpc) is 2.52. The lowest BCUT2D eigenvalue weighted by molar-refractivity contribution is -0.384. The zero-order chi connectivity index (χ0) is 16.1. The van der Waals surface area contributed by atoms with Crippen molar-refractivity contribution in [3.05, 3.63) is 69.8 Å². The van der Waals surface area contributed by atoms with Gasteiger partial charge in [0.25, 0.3) is 11.6 Å². The molecule has 0 radical (unpaired) electrons. The van der Waals surface area contributed by atoms with Gasteiger partial charge in [0.15, 0.2) is 0 Å². The van der Waals surface area contributed by atoms with Gasteiger partial charge in [0, 0.05) is 17.8 Å². The van der Waals surface area contributed by atoms with Crippen LogP contribution in [0, 0.1) is 10.1 Å². The fraction of sp³-hybridized carbons (Fsp3) is 0.0667. The van der Waals surface area contributed by atoms with Gasteiger partial charge in [-0.25, -0.2) is 5.43 Å². The summed E-state index contributed by atoms with van der Waals surface area (Å²) in [5.41, 5.74) is 10.0. The normalized spacial score (nSPS) is 11.0.